The maximum Gasteiger partial charge on any atom is 0.132 e. The monoisotopic (exact) mass is 479 g/mol. The SMILES string of the molecule is C[N+](C)(C)c1ccc(C2=Cc3cc4ccc(cc5nc(cc6ccc(cc2n3)[nH]6)C=C5)[nH]4)cc1.[Cl-]. The molecule has 4 aromatic rings. The standard InChI is InChI=1S/C29H26N5.ClH/c1-34(2,3)27-12-4-19(5-13-27)28-17-26-16-24-9-8-22(31-24)14-20-6-7-21(30-20)15-23-10-11-25(32-23)18-29(28)33-26;/h4-18,31-32H,1-3H3;1H/q+1;/p-1. The third-order valence-corrected chi connectivity index (χ3v) is 6.12. The fourth-order valence-electron chi connectivity index (χ4n) is 4.33. The predicted molar refractivity (Wildman–Crippen MR) is 143 cm³/mol. The summed E-state index contributed by atoms with van der Waals surface area (Å²) in [5.41, 5.74) is 11.3. The van der Waals surface area contributed by atoms with E-state index in [-0.39, 0.29) is 12.4 Å². The number of aromatic amines is 2. The van der Waals surface area contributed by atoms with Gasteiger partial charge in [0.2, 0.25) is 0 Å². The highest BCUT2D eigenvalue weighted by Gasteiger charge is 2.16. The van der Waals surface area contributed by atoms with Crippen molar-refractivity contribution in [3.63, 3.8) is 0 Å². The molecule has 0 atom stereocenters. The van der Waals surface area contributed by atoms with Crippen LogP contribution < -0.4 is 16.9 Å². The molecule has 0 amide bonds. The van der Waals surface area contributed by atoms with E-state index >= 15 is 0 Å². The maximum absolute atomic E-state index is 4.98. The van der Waals surface area contributed by atoms with Gasteiger partial charge in [0, 0.05) is 27.6 Å². The van der Waals surface area contributed by atoms with Crippen LogP contribution in [0, 0.1) is 0 Å². The first-order chi connectivity index (χ1) is 16.4. The highest BCUT2D eigenvalue weighted by molar-refractivity contribution is 5.93. The lowest BCUT2D eigenvalue weighted by atomic mass is 10.0. The quantitative estimate of drug-likeness (QED) is 0.374. The lowest BCUT2D eigenvalue weighted by Gasteiger charge is -2.23. The maximum atomic E-state index is 4.98. The fourth-order valence-corrected chi connectivity index (χ4v) is 4.33. The van der Waals surface area contributed by atoms with Crippen molar-refractivity contribution in [2.45, 2.75) is 0 Å². The summed E-state index contributed by atoms with van der Waals surface area (Å²) in [6.45, 7) is 0. The number of nitrogens with one attached hydrogen (secondary N) is 2. The summed E-state index contributed by atoms with van der Waals surface area (Å²) < 4.78 is 0.783. The number of fused-ring (bicyclic) bond motifs is 8. The van der Waals surface area contributed by atoms with Crippen molar-refractivity contribution in [1.82, 2.24) is 24.4 Å². The molecule has 1 aromatic carbocycles. The molecule has 8 bridgehead atoms. The molecule has 6 heteroatoms. The Labute approximate surface area is 210 Å². The fraction of sp³-hybridized carbons (Fsp3) is 0.103. The van der Waals surface area contributed by atoms with Gasteiger partial charge < -0.3 is 22.4 Å². The van der Waals surface area contributed by atoms with Gasteiger partial charge in [-0.1, -0.05) is 0 Å². The van der Waals surface area contributed by atoms with Gasteiger partial charge in [0.1, 0.15) is 5.69 Å². The third kappa shape index (κ3) is 4.69. The van der Waals surface area contributed by atoms with E-state index in [1.54, 1.807) is 0 Å². The van der Waals surface area contributed by atoms with Gasteiger partial charge in [-0.15, -0.1) is 0 Å². The van der Waals surface area contributed by atoms with Crippen molar-refractivity contribution < 1.29 is 12.4 Å². The van der Waals surface area contributed by atoms with Gasteiger partial charge in [-0.25, -0.2) is 9.97 Å². The van der Waals surface area contributed by atoms with Crippen LogP contribution >= 0.6 is 0 Å². The summed E-state index contributed by atoms with van der Waals surface area (Å²) in [4.78, 5) is 16.6. The van der Waals surface area contributed by atoms with Gasteiger partial charge in [0.15, 0.2) is 0 Å². The number of quaternary nitrogens is 1. The zero-order valence-corrected chi connectivity index (χ0v) is 20.6. The minimum Gasteiger partial charge on any atom is -1.00 e. The van der Waals surface area contributed by atoms with Crippen LogP contribution in [0.4, 0.5) is 5.69 Å². The minimum atomic E-state index is 0. The molecule has 5 nitrogen and oxygen atoms in total. The van der Waals surface area contributed by atoms with E-state index in [1.165, 1.54) is 5.69 Å². The van der Waals surface area contributed by atoms with Crippen LogP contribution in [0.3, 0.4) is 0 Å². The summed E-state index contributed by atoms with van der Waals surface area (Å²) in [6, 6.07) is 25.4. The van der Waals surface area contributed by atoms with Crippen molar-refractivity contribution in [2.24, 2.45) is 0 Å². The number of H-pyrrole nitrogens is 2. The van der Waals surface area contributed by atoms with Crippen LogP contribution in [0.2, 0.25) is 0 Å². The molecule has 3 aromatic heterocycles. The molecular weight excluding hydrogens is 454 g/mol. The largest absolute Gasteiger partial charge is 1.00 e. The van der Waals surface area contributed by atoms with Gasteiger partial charge in [-0.05, 0) is 96.6 Å². The summed E-state index contributed by atoms with van der Waals surface area (Å²) in [7, 11) is 6.53. The topological polar surface area (TPSA) is 57.4 Å². The lowest BCUT2D eigenvalue weighted by Crippen LogP contribution is -3.00. The van der Waals surface area contributed by atoms with Crippen LogP contribution in [0.1, 0.15) is 28.3 Å². The first-order valence-electron chi connectivity index (χ1n) is 11.4. The molecule has 0 radical (unpaired) electrons. The highest BCUT2D eigenvalue weighted by Crippen LogP contribution is 2.30. The number of hydrogen-bond donors (Lipinski definition) is 2. The molecule has 2 aliphatic heterocycles. The summed E-state index contributed by atoms with van der Waals surface area (Å²) in [6.07, 6.45) is 6.23. The van der Waals surface area contributed by atoms with Crippen LogP contribution in [-0.2, 0) is 0 Å². The summed E-state index contributed by atoms with van der Waals surface area (Å²) in [5.74, 6) is 0. The van der Waals surface area contributed by atoms with E-state index in [9.17, 15) is 0 Å². The Balaban J connectivity index is 0.00000253. The molecule has 2 aliphatic rings. The van der Waals surface area contributed by atoms with Crippen molar-refractivity contribution in [3.05, 3.63) is 101 Å². The molecule has 0 unspecified atom stereocenters. The van der Waals surface area contributed by atoms with E-state index in [0.717, 1.165) is 60.5 Å². The molecular formula is C29H26ClN5. The van der Waals surface area contributed by atoms with E-state index in [0.29, 0.717) is 0 Å². The van der Waals surface area contributed by atoms with E-state index in [1.807, 2.05) is 12.2 Å². The zero-order valence-electron chi connectivity index (χ0n) is 19.9. The van der Waals surface area contributed by atoms with E-state index in [2.05, 4.69) is 110 Å². The first kappa shape index (κ1) is 22.8. The van der Waals surface area contributed by atoms with Gasteiger partial charge >= 0.3 is 0 Å². The number of rotatable bonds is 2. The minimum absolute atomic E-state index is 0. The smallest absolute Gasteiger partial charge is 0.132 e. The first-order valence-corrected chi connectivity index (χ1v) is 11.4. The van der Waals surface area contributed by atoms with Crippen LogP contribution in [0.15, 0.2) is 72.8 Å². The lowest BCUT2D eigenvalue weighted by molar-refractivity contribution is -0.00000712. The Morgan fingerprint density at radius 2 is 1.11 bits per heavy atom. The van der Waals surface area contributed by atoms with Crippen LogP contribution in [0.5, 0.6) is 0 Å². The second kappa shape index (κ2) is 8.69. The Kier molecular flexibility index (Phi) is 5.67. The Morgan fingerprint density at radius 3 is 1.66 bits per heavy atom. The van der Waals surface area contributed by atoms with Crippen molar-refractivity contribution >= 4 is 51.6 Å². The molecule has 0 saturated heterocycles. The second-order valence-corrected chi connectivity index (χ2v) is 9.65. The van der Waals surface area contributed by atoms with Gasteiger partial charge in [-0.3, -0.25) is 4.48 Å². The average molecular weight is 480 g/mol. The molecule has 0 spiro atoms. The van der Waals surface area contributed by atoms with Crippen molar-refractivity contribution in [3.8, 4) is 0 Å². The zero-order chi connectivity index (χ0) is 23.3. The van der Waals surface area contributed by atoms with Crippen LogP contribution in [-0.4, -0.2) is 41.1 Å². The average Bonchev–Trinajstić information content (AvgIpc) is 3.58. The number of aromatic nitrogens is 4. The Bertz CT molecular complexity index is 1630. The number of halogens is 1. The second-order valence-electron chi connectivity index (χ2n) is 9.65. The third-order valence-electron chi connectivity index (χ3n) is 6.12. The van der Waals surface area contributed by atoms with Gasteiger partial charge in [0.05, 0.1) is 43.9 Å². The van der Waals surface area contributed by atoms with Crippen molar-refractivity contribution in [2.75, 3.05) is 21.1 Å². The molecule has 35 heavy (non-hydrogen) atoms. The molecule has 2 N–H and O–H groups in total. The molecule has 0 saturated carbocycles. The molecule has 0 aliphatic carbocycles. The highest BCUT2D eigenvalue weighted by atomic mass is 35.5. The van der Waals surface area contributed by atoms with Crippen molar-refractivity contribution in [1.29, 1.82) is 0 Å². The molecule has 6 rings (SSSR count). The number of nitrogens with zero attached hydrogens (tertiary/aromatic N) is 3. The summed E-state index contributed by atoms with van der Waals surface area (Å²) >= 11 is 0. The van der Waals surface area contributed by atoms with E-state index in [4.69, 9.17) is 9.97 Å². The molecule has 0 fully saturated rings. The molecule has 174 valence electrons. The predicted octanol–water partition coefficient (Wildman–Crippen LogP) is 3.27. The number of benzene rings is 1. The Hall–Kier alpha value is -3.93. The summed E-state index contributed by atoms with van der Waals surface area (Å²) in [5, 5.41) is 0. The van der Waals surface area contributed by atoms with Gasteiger partial charge in [-0.2, -0.15) is 0 Å². The van der Waals surface area contributed by atoms with Gasteiger partial charge in [0.25, 0.3) is 0 Å². The molecule has 5 heterocycles. The van der Waals surface area contributed by atoms with E-state index < -0.39 is 0 Å². The Morgan fingerprint density at radius 1 is 0.600 bits per heavy atom. The normalized spacial score (nSPS) is 12.8. The number of hydrogen-bond acceptors (Lipinski definition) is 2. The van der Waals surface area contributed by atoms with Crippen LogP contribution in [0.25, 0.3) is 45.9 Å².